The second kappa shape index (κ2) is 3.22. The third kappa shape index (κ3) is 1.27. The van der Waals surface area contributed by atoms with Crippen molar-refractivity contribution in [1.82, 2.24) is 0 Å². The molecule has 16 heavy (non-hydrogen) atoms. The van der Waals surface area contributed by atoms with E-state index in [0.29, 0.717) is 12.3 Å². The molecule has 92 valence electrons. The number of esters is 1. The summed E-state index contributed by atoms with van der Waals surface area (Å²) in [6.45, 7) is 8.69. The fraction of sp³-hybridized carbons (Fsp3) is 0.923. The summed E-state index contributed by atoms with van der Waals surface area (Å²) in [6.07, 6.45) is 2.79. The van der Waals surface area contributed by atoms with E-state index in [1.807, 2.05) is 6.92 Å². The molecule has 0 radical (unpaired) electrons. The lowest BCUT2D eigenvalue weighted by molar-refractivity contribution is -0.147. The Morgan fingerprint density at radius 1 is 1.50 bits per heavy atom. The second-order valence-electron chi connectivity index (χ2n) is 6.11. The van der Waals surface area contributed by atoms with Crippen molar-refractivity contribution >= 4 is 5.97 Å². The van der Waals surface area contributed by atoms with Gasteiger partial charge in [0.1, 0.15) is 5.60 Å². The first-order valence-electron chi connectivity index (χ1n) is 6.12. The van der Waals surface area contributed by atoms with Crippen LogP contribution in [0.5, 0.6) is 0 Å². The van der Waals surface area contributed by atoms with E-state index in [-0.39, 0.29) is 17.0 Å². The molecule has 0 aromatic rings. The Bertz CT molecular complexity index is 323. The van der Waals surface area contributed by atoms with Gasteiger partial charge >= 0.3 is 5.97 Å². The van der Waals surface area contributed by atoms with Crippen molar-refractivity contribution in [2.24, 2.45) is 11.3 Å². The van der Waals surface area contributed by atoms with Crippen molar-refractivity contribution in [2.75, 3.05) is 7.11 Å². The number of hydrogen-bond acceptors (Lipinski definition) is 3. The summed E-state index contributed by atoms with van der Waals surface area (Å²) in [5.41, 5.74) is -0.641. The van der Waals surface area contributed by atoms with Crippen LogP contribution < -0.4 is 0 Å². The summed E-state index contributed by atoms with van der Waals surface area (Å²) >= 11 is 0. The van der Waals surface area contributed by atoms with Gasteiger partial charge in [-0.25, -0.2) is 4.79 Å². The van der Waals surface area contributed by atoms with Crippen molar-refractivity contribution in [3.63, 3.8) is 0 Å². The largest absolute Gasteiger partial charge is 0.467 e. The van der Waals surface area contributed by atoms with Gasteiger partial charge in [0.05, 0.1) is 7.11 Å². The van der Waals surface area contributed by atoms with E-state index in [4.69, 9.17) is 9.47 Å². The Hall–Kier alpha value is -0.570. The topological polar surface area (TPSA) is 38.8 Å². The van der Waals surface area contributed by atoms with Crippen molar-refractivity contribution in [3.8, 4) is 0 Å². The highest BCUT2D eigenvalue weighted by Crippen LogP contribution is 2.66. The molecule has 2 fully saturated rings. The zero-order chi connectivity index (χ0) is 12.2. The summed E-state index contributed by atoms with van der Waals surface area (Å²) in [6, 6.07) is 0. The summed E-state index contributed by atoms with van der Waals surface area (Å²) in [7, 11) is 1.44. The van der Waals surface area contributed by atoms with Crippen LogP contribution in [0.15, 0.2) is 0 Å². The SMILES string of the molecule is CCC1(C(=O)OC)OC12CC(C)(C)CC2C. The van der Waals surface area contributed by atoms with Crippen molar-refractivity contribution in [2.45, 2.75) is 58.2 Å². The van der Waals surface area contributed by atoms with Gasteiger partial charge in [-0.3, -0.25) is 0 Å². The first kappa shape index (κ1) is 11.9. The monoisotopic (exact) mass is 226 g/mol. The molecule has 2 aliphatic rings. The highest BCUT2D eigenvalue weighted by molar-refractivity contribution is 5.85. The van der Waals surface area contributed by atoms with E-state index in [9.17, 15) is 4.79 Å². The molecule has 1 saturated heterocycles. The number of rotatable bonds is 2. The number of hydrogen-bond donors (Lipinski definition) is 0. The van der Waals surface area contributed by atoms with Gasteiger partial charge in [-0.1, -0.05) is 27.7 Å². The Morgan fingerprint density at radius 3 is 2.50 bits per heavy atom. The molecule has 0 bridgehead atoms. The van der Waals surface area contributed by atoms with E-state index < -0.39 is 5.60 Å². The van der Waals surface area contributed by atoms with Gasteiger partial charge in [0.25, 0.3) is 0 Å². The number of carbonyl (C=O) groups is 1. The van der Waals surface area contributed by atoms with Crippen LogP contribution in [0.1, 0.15) is 47.0 Å². The maximum Gasteiger partial charge on any atom is 0.341 e. The van der Waals surface area contributed by atoms with Crippen molar-refractivity contribution in [1.29, 1.82) is 0 Å². The van der Waals surface area contributed by atoms with Crippen LogP contribution in [-0.4, -0.2) is 24.3 Å². The first-order chi connectivity index (χ1) is 7.33. The Morgan fingerprint density at radius 2 is 2.12 bits per heavy atom. The fourth-order valence-electron chi connectivity index (χ4n) is 3.81. The standard InChI is InChI=1S/C13H22O3/c1-6-12(10(14)15-5)13(16-12)8-11(3,4)7-9(13)2/h9H,6-8H2,1-5H3. The molecule has 1 spiro atoms. The summed E-state index contributed by atoms with van der Waals surface area (Å²) in [5, 5.41) is 0. The van der Waals surface area contributed by atoms with Crippen LogP contribution in [0.3, 0.4) is 0 Å². The maximum absolute atomic E-state index is 11.9. The lowest BCUT2D eigenvalue weighted by atomic mass is 9.82. The molecule has 1 aliphatic heterocycles. The van der Waals surface area contributed by atoms with Crippen LogP contribution in [-0.2, 0) is 14.3 Å². The molecule has 0 aromatic heterocycles. The smallest absolute Gasteiger partial charge is 0.341 e. The molecule has 0 amide bonds. The quantitative estimate of drug-likeness (QED) is 0.536. The van der Waals surface area contributed by atoms with Crippen LogP contribution in [0.4, 0.5) is 0 Å². The molecule has 3 heteroatoms. The minimum absolute atomic E-state index is 0.195. The maximum atomic E-state index is 11.9. The lowest BCUT2D eigenvalue weighted by Crippen LogP contribution is -2.36. The minimum atomic E-state index is -0.658. The van der Waals surface area contributed by atoms with Crippen LogP contribution >= 0.6 is 0 Å². The van der Waals surface area contributed by atoms with Gasteiger partial charge in [-0.05, 0) is 30.6 Å². The molecule has 0 aromatic carbocycles. The minimum Gasteiger partial charge on any atom is -0.467 e. The molecular formula is C13H22O3. The predicted octanol–water partition coefficient (Wildman–Crippen LogP) is 2.53. The Labute approximate surface area is 97.5 Å². The summed E-state index contributed by atoms with van der Waals surface area (Å²) in [4.78, 5) is 11.9. The number of carbonyl (C=O) groups excluding carboxylic acids is 1. The highest BCUT2D eigenvalue weighted by Gasteiger charge is 2.79. The fourth-order valence-corrected chi connectivity index (χ4v) is 3.81. The van der Waals surface area contributed by atoms with E-state index in [0.717, 1.165) is 12.8 Å². The van der Waals surface area contributed by atoms with E-state index in [1.54, 1.807) is 0 Å². The zero-order valence-electron chi connectivity index (χ0n) is 10.9. The first-order valence-corrected chi connectivity index (χ1v) is 6.12. The second-order valence-corrected chi connectivity index (χ2v) is 6.11. The highest BCUT2D eigenvalue weighted by atomic mass is 16.7. The van der Waals surface area contributed by atoms with Gasteiger partial charge in [0.2, 0.25) is 0 Å². The zero-order valence-corrected chi connectivity index (χ0v) is 10.9. The molecular weight excluding hydrogens is 204 g/mol. The molecule has 3 nitrogen and oxygen atoms in total. The number of methoxy groups -OCH3 is 1. The average Bonchev–Trinajstić information content (AvgIpc) is 2.78. The molecule has 3 atom stereocenters. The van der Waals surface area contributed by atoms with Gasteiger partial charge in [0.15, 0.2) is 5.60 Å². The summed E-state index contributed by atoms with van der Waals surface area (Å²) < 4.78 is 10.8. The van der Waals surface area contributed by atoms with E-state index >= 15 is 0 Å². The summed E-state index contributed by atoms with van der Waals surface area (Å²) in [5.74, 6) is 0.237. The normalized spacial score (nSPS) is 44.7. The van der Waals surface area contributed by atoms with Crippen molar-refractivity contribution in [3.05, 3.63) is 0 Å². The molecule has 3 unspecified atom stereocenters. The molecule has 2 rings (SSSR count). The van der Waals surface area contributed by atoms with Gasteiger partial charge in [0, 0.05) is 0 Å². The van der Waals surface area contributed by atoms with Crippen LogP contribution in [0.2, 0.25) is 0 Å². The van der Waals surface area contributed by atoms with Crippen molar-refractivity contribution < 1.29 is 14.3 Å². The third-order valence-electron chi connectivity index (χ3n) is 4.41. The average molecular weight is 226 g/mol. The van der Waals surface area contributed by atoms with Gasteiger partial charge < -0.3 is 9.47 Å². The van der Waals surface area contributed by atoms with Gasteiger partial charge in [-0.2, -0.15) is 0 Å². The van der Waals surface area contributed by atoms with Crippen LogP contribution in [0.25, 0.3) is 0 Å². The Kier molecular flexibility index (Phi) is 2.40. The van der Waals surface area contributed by atoms with Gasteiger partial charge in [-0.15, -0.1) is 0 Å². The van der Waals surface area contributed by atoms with E-state index in [2.05, 4.69) is 20.8 Å². The predicted molar refractivity (Wildman–Crippen MR) is 61.0 cm³/mol. The molecule has 1 aliphatic carbocycles. The molecule has 1 saturated carbocycles. The van der Waals surface area contributed by atoms with Crippen LogP contribution in [0, 0.1) is 11.3 Å². The molecule has 0 N–H and O–H groups in total. The Balaban J connectivity index is 2.28. The number of epoxide rings is 1. The number of ether oxygens (including phenoxy) is 2. The molecule has 1 heterocycles. The van der Waals surface area contributed by atoms with E-state index in [1.165, 1.54) is 7.11 Å². The third-order valence-corrected chi connectivity index (χ3v) is 4.41. The lowest BCUT2D eigenvalue weighted by Gasteiger charge is -2.17.